The van der Waals surface area contributed by atoms with E-state index < -0.39 is 6.10 Å². The predicted octanol–water partition coefficient (Wildman–Crippen LogP) is 1.38. The zero-order valence-corrected chi connectivity index (χ0v) is 16.8. The Hall–Kier alpha value is -3.46. The van der Waals surface area contributed by atoms with Gasteiger partial charge in [0.05, 0.1) is 19.8 Å². The zero-order chi connectivity index (χ0) is 20.9. The van der Waals surface area contributed by atoms with Gasteiger partial charge in [-0.2, -0.15) is 0 Å². The highest BCUT2D eigenvalue weighted by atomic mass is 16.5. The summed E-state index contributed by atoms with van der Waals surface area (Å²) in [5.41, 5.74) is 0.741. The first-order chi connectivity index (χ1) is 14.6. The average molecular weight is 408 g/mol. The summed E-state index contributed by atoms with van der Waals surface area (Å²) in [6.45, 7) is 2.79. The van der Waals surface area contributed by atoms with Crippen LogP contribution < -0.4 is 9.64 Å². The highest BCUT2D eigenvalue weighted by molar-refractivity contribution is 5.90. The largest absolute Gasteiger partial charge is 0.497 e. The zero-order valence-electron chi connectivity index (χ0n) is 16.8. The van der Waals surface area contributed by atoms with Gasteiger partial charge < -0.3 is 19.6 Å². The number of aliphatic hydroxyl groups is 1. The van der Waals surface area contributed by atoms with Crippen molar-refractivity contribution in [1.29, 1.82) is 0 Å². The van der Waals surface area contributed by atoms with Crippen molar-refractivity contribution < 1.29 is 14.6 Å². The lowest BCUT2D eigenvalue weighted by Crippen LogP contribution is -2.49. The van der Waals surface area contributed by atoms with Crippen LogP contribution in [0.5, 0.6) is 5.75 Å². The van der Waals surface area contributed by atoms with Gasteiger partial charge in [0.2, 0.25) is 5.82 Å². The van der Waals surface area contributed by atoms with Crippen LogP contribution in [-0.2, 0) is 6.54 Å². The minimum atomic E-state index is -0.762. The van der Waals surface area contributed by atoms with E-state index in [2.05, 4.69) is 20.0 Å². The maximum Gasteiger partial charge on any atom is 0.293 e. The SMILES string of the molecule is COc1ccc(C(O)Cn2cnc(C(=O)N3CCN(c4ccccn4)CC3)n2)cc1. The number of ether oxygens (including phenoxy) is 1. The minimum absolute atomic E-state index is 0.142. The van der Waals surface area contributed by atoms with Crippen LogP contribution in [-0.4, -0.2) is 69.0 Å². The van der Waals surface area contributed by atoms with Gasteiger partial charge in [0, 0.05) is 32.4 Å². The Morgan fingerprint density at radius 3 is 2.53 bits per heavy atom. The molecule has 1 atom stereocenters. The molecule has 0 aliphatic carbocycles. The number of carbonyl (C=O) groups is 1. The van der Waals surface area contributed by atoms with E-state index in [0.717, 1.165) is 17.1 Å². The number of amides is 1. The third-order valence-electron chi connectivity index (χ3n) is 5.13. The number of benzene rings is 1. The maximum absolute atomic E-state index is 12.8. The molecule has 9 nitrogen and oxygen atoms in total. The molecule has 1 fully saturated rings. The number of carbonyl (C=O) groups excluding carboxylic acids is 1. The summed E-state index contributed by atoms with van der Waals surface area (Å²) >= 11 is 0. The summed E-state index contributed by atoms with van der Waals surface area (Å²) in [4.78, 5) is 25.2. The first-order valence-corrected chi connectivity index (χ1v) is 9.81. The van der Waals surface area contributed by atoms with E-state index in [9.17, 15) is 9.90 Å². The summed E-state index contributed by atoms with van der Waals surface area (Å²) in [7, 11) is 1.60. The topological polar surface area (TPSA) is 96.6 Å². The Morgan fingerprint density at radius 1 is 1.10 bits per heavy atom. The fourth-order valence-electron chi connectivity index (χ4n) is 3.41. The highest BCUT2D eigenvalue weighted by Crippen LogP contribution is 2.19. The van der Waals surface area contributed by atoms with E-state index in [1.54, 1.807) is 42.5 Å². The lowest BCUT2D eigenvalue weighted by Gasteiger charge is -2.34. The van der Waals surface area contributed by atoms with Crippen molar-refractivity contribution in [1.82, 2.24) is 24.6 Å². The van der Waals surface area contributed by atoms with Crippen molar-refractivity contribution in [3.63, 3.8) is 0 Å². The first-order valence-electron chi connectivity index (χ1n) is 9.81. The Balaban J connectivity index is 1.33. The molecule has 1 N–H and O–H groups in total. The number of aromatic nitrogens is 4. The molecule has 3 aromatic rings. The van der Waals surface area contributed by atoms with Crippen molar-refractivity contribution >= 4 is 11.7 Å². The summed E-state index contributed by atoms with van der Waals surface area (Å²) in [5.74, 6) is 1.58. The molecule has 1 saturated heterocycles. The number of hydrogen-bond acceptors (Lipinski definition) is 7. The van der Waals surface area contributed by atoms with Crippen molar-refractivity contribution in [3.8, 4) is 5.75 Å². The molecular formula is C21H24N6O3. The van der Waals surface area contributed by atoms with E-state index in [-0.39, 0.29) is 18.3 Å². The van der Waals surface area contributed by atoms with Crippen LogP contribution in [0, 0.1) is 0 Å². The Kier molecular flexibility index (Phi) is 5.89. The average Bonchev–Trinajstić information content (AvgIpc) is 3.27. The van der Waals surface area contributed by atoms with Crippen LogP contribution >= 0.6 is 0 Å². The number of pyridine rings is 1. The molecule has 1 unspecified atom stereocenters. The molecule has 30 heavy (non-hydrogen) atoms. The fraction of sp³-hybridized carbons (Fsp3) is 0.333. The summed E-state index contributed by atoms with van der Waals surface area (Å²) in [6.07, 6.45) is 2.48. The second-order valence-electron chi connectivity index (χ2n) is 7.05. The molecule has 1 amide bonds. The molecular weight excluding hydrogens is 384 g/mol. The molecule has 4 rings (SSSR count). The van der Waals surface area contributed by atoms with Crippen LogP contribution in [0.1, 0.15) is 22.3 Å². The lowest BCUT2D eigenvalue weighted by molar-refractivity contribution is 0.0732. The third-order valence-corrected chi connectivity index (χ3v) is 5.13. The van der Waals surface area contributed by atoms with E-state index in [0.29, 0.717) is 26.2 Å². The van der Waals surface area contributed by atoms with Gasteiger partial charge in [-0.05, 0) is 29.8 Å². The van der Waals surface area contributed by atoms with Gasteiger partial charge in [0.25, 0.3) is 5.91 Å². The first kappa shape index (κ1) is 19.8. The molecule has 0 saturated carbocycles. The Labute approximate surface area is 174 Å². The number of hydrogen-bond donors (Lipinski definition) is 1. The predicted molar refractivity (Wildman–Crippen MR) is 110 cm³/mol. The molecule has 1 aliphatic heterocycles. The van der Waals surface area contributed by atoms with Crippen molar-refractivity contribution in [3.05, 3.63) is 66.4 Å². The number of rotatable bonds is 6. The van der Waals surface area contributed by atoms with Crippen LogP contribution in [0.3, 0.4) is 0 Å². The van der Waals surface area contributed by atoms with Crippen LogP contribution in [0.2, 0.25) is 0 Å². The molecule has 0 radical (unpaired) electrons. The number of nitrogens with zero attached hydrogens (tertiary/aromatic N) is 6. The van der Waals surface area contributed by atoms with Crippen molar-refractivity contribution in [2.75, 3.05) is 38.2 Å². The molecule has 0 bridgehead atoms. The summed E-state index contributed by atoms with van der Waals surface area (Å²) < 4.78 is 6.62. The van der Waals surface area contributed by atoms with E-state index >= 15 is 0 Å². The molecule has 9 heteroatoms. The molecule has 3 heterocycles. The smallest absolute Gasteiger partial charge is 0.293 e. The van der Waals surface area contributed by atoms with Gasteiger partial charge in [-0.1, -0.05) is 18.2 Å². The van der Waals surface area contributed by atoms with Gasteiger partial charge in [-0.3, -0.25) is 4.79 Å². The quantitative estimate of drug-likeness (QED) is 0.658. The molecule has 156 valence electrons. The summed E-state index contributed by atoms with van der Waals surface area (Å²) in [6, 6.07) is 13.0. The number of anilines is 1. The fourth-order valence-corrected chi connectivity index (χ4v) is 3.41. The van der Waals surface area contributed by atoms with Crippen LogP contribution in [0.4, 0.5) is 5.82 Å². The number of aliphatic hydroxyl groups excluding tert-OH is 1. The maximum atomic E-state index is 12.8. The number of methoxy groups -OCH3 is 1. The van der Waals surface area contributed by atoms with E-state index in [4.69, 9.17) is 4.74 Å². The molecule has 1 aliphatic rings. The van der Waals surface area contributed by atoms with Crippen molar-refractivity contribution in [2.45, 2.75) is 12.6 Å². The standard InChI is InChI=1S/C21H24N6O3/c1-30-17-7-5-16(6-8-17)18(28)14-27-15-23-20(24-27)21(29)26-12-10-25(11-13-26)19-4-2-3-9-22-19/h2-9,15,18,28H,10-14H2,1H3. The van der Waals surface area contributed by atoms with Crippen molar-refractivity contribution in [2.24, 2.45) is 0 Å². The second kappa shape index (κ2) is 8.91. The summed E-state index contributed by atoms with van der Waals surface area (Å²) in [5, 5.41) is 14.7. The van der Waals surface area contributed by atoms with Gasteiger partial charge in [-0.25, -0.2) is 14.6 Å². The van der Waals surface area contributed by atoms with Crippen LogP contribution in [0.15, 0.2) is 55.0 Å². The highest BCUT2D eigenvalue weighted by Gasteiger charge is 2.25. The lowest BCUT2D eigenvalue weighted by atomic mass is 10.1. The number of piperazine rings is 1. The monoisotopic (exact) mass is 408 g/mol. The minimum Gasteiger partial charge on any atom is -0.497 e. The Bertz CT molecular complexity index is 968. The normalized spacial score (nSPS) is 15.1. The molecule has 2 aromatic heterocycles. The van der Waals surface area contributed by atoms with Gasteiger partial charge in [0.15, 0.2) is 0 Å². The van der Waals surface area contributed by atoms with Gasteiger partial charge in [0.1, 0.15) is 17.9 Å². The second-order valence-corrected chi connectivity index (χ2v) is 7.05. The van der Waals surface area contributed by atoms with E-state index in [1.165, 1.54) is 11.0 Å². The van der Waals surface area contributed by atoms with Gasteiger partial charge >= 0.3 is 0 Å². The van der Waals surface area contributed by atoms with Gasteiger partial charge in [-0.15, -0.1) is 5.10 Å². The molecule has 1 aromatic carbocycles. The van der Waals surface area contributed by atoms with Crippen LogP contribution in [0.25, 0.3) is 0 Å². The third kappa shape index (κ3) is 4.41. The Morgan fingerprint density at radius 2 is 1.87 bits per heavy atom. The molecule has 0 spiro atoms. The van der Waals surface area contributed by atoms with E-state index in [1.807, 2.05) is 18.2 Å².